The summed E-state index contributed by atoms with van der Waals surface area (Å²) in [5.74, 6) is 0.144. The Kier molecular flexibility index (Phi) is 4.40. The first kappa shape index (κ1) is 11.5. The molecule has 78 valence electrons. The summed E-state index contributed by atoms with van der Waals surface area (Å²) in [6, 6.07) is 2.49. The molecule has 1 atom stereocenters. The largest absolute Gasteiger partial charge is 0.338 e. The topological polar surface area (TPSA) is 44.1 Å². The van der Waals surface area contributed by atoms with Crippen LogP contribution in [0.15, 0.2) is 0 Å². The van der Waals surface area contributed by atoms with Crippen molar-refractivity contribution in [2.75, 3.05) is 6.54 Å². The van der Waals surface area contributed by atoms with Gasteiger partial charge in [0.1, 0.15) is 0 Å². The van der Waals surface area contributed by atoms with E-state index in [1.54, 1.807) is 0 Å². The number of nitriles is 1. The average Bonchev–Trinajstić information content (AvgIpc) is 3.01. The number of hydrogen-bond donors (Lipinski definition) is 0. The highest BCUT2D eigenvalue weighted by Crippen LogP contribution is 2.28. The van der Waals surface area contributed by atoms with E-state index in [9.17, 15) is 4.79 Å². The van der Waals surface area contributed by atoms with Crippen LogP contribution in [-0.2, 0) is 4.79 Å². The van der Waals surface area contributed by atoms with Crippen molar-refractivity contribution in [1.82, 2.24) is 4.90 Å². The normalized spacial score (nSPS) is 17.2. The molecule has 0 bridgehead atoms. The predicted octanol–water partition coefficient (Wildman–Crippen LogP) is 2.06. The van der Waals surface area contributed by atoms with E-state index in [2.05, 4.69) is 22.0 Å². The molecule has 1 aliphatic carbocycles. The van der Waals surface area contributed by atoms with Crippen molar-refractivity contribution < 1.29 is 4.79 Å². The van der Waals surface area contributed by atoms with Gasteiger partial charge in [-0.2, -0.15) is 5.26 Å². The molecule has 0 radical (unpaired) electrons. The molecule has 1 aliphatic rings. The molecule has 3 nitrogen and oxygen atoms in total. The van der Waals surface area contributed by atoms with E-state index in [0.717, 1.165) is 19.3 Å². The Labute approximate surface area is 93.2 Å². The Balaban J connectivity index is 2.49. The first-order valence-electron chi connectivity index (χ1n) is 5.02. The Morgan fingerprint density at radius 1 is 1.71 bits per heavy atom. The first-order valence-corrected chi connectivity index (χ1v) is 5.93. The molecule has 0 aromatic rings. The van der Waals surface area contributed by atoms with Crippen LogP contribution in [0.25, 0.3) is 0 Å². The molecule has 0 saturated heterocycles. The van der Waals surface area contributed by atoms with E-state index in [-0.39, 0.29) is 10.7 Å². The highest BCUT2D eigenvalue weighted by molar-refractivity contribution is 9.10. The quantitative estimate of drug-likeness (QED) is 0.709. The van der Waals surface area contributed by atoms with Crippen LogP contribution in [0.5, 0.6) is 0 Å². The minimum absolute atomic E-state index is 0.0817. The molecule has 0 spiro atoms. The van der Waals surface area contributed by atoms with Crippen LogP contribution in [0, 0.1) is 11.3 Å². The van der Waals surface area contributed by atoms with Crippen molar-refractivity contribution >= 4 is 21.8 Å². The highest BCUT2D eigenvalue weighted by Gasteiger charge is 2.34. The molecule has 0 aliphatic heterocycles. The SMILES string of the molecule is CCC(Br)C(=O)N(CCC#N)C1CC1. The number of nitrogens with zero attached hydrogens (tertiary/aromatic N) is 2. The van der Waals surface area contributed by atoms with Gasteiger partial charge in [0.15, 0.2) is 0 Å². The highest BCUT2D eigenvalue weighted by atomic mass is 79.9. The van der Waals surface area contributed by atoms with Gasteiger partial charge in [0.25, 0.3) is 0 Å². The number of carbonyl (C=O) groups is 1. The first-order chi connectivity index (χ1) is 6.70. The third-order valence-electron chi connectivity index (χ3n) is 2.36. The second-order valence-electron chi connectivity index (χ2n) is 3.55. The van der Waals surface area contributed by atoms with Gasteiger partial charge in [-0.1, -0.05) is 22.9 Å². The maximum Gasteiger partial charge on any atom is 0.236 e. The summed E-state index contributed by atoms with van der Waals surface area (Å²) < 4.78 is 0. The number of rotatable bonds is 5. The summed E-state index contributed by atoms with van der Waals surface area (Å²) in [7, 11) is 0. The second kappa shape index (κ2) is 5.35. The molecule has 0 aromatic carbocycles. The van der Waals surface area contributed by atoms with Gasteiger partial charge in [-0.15, -0.1) is 0 Å². The second-order valence-corrected chi connectivity index (χ2v) is 4.65. The minimum atomic E-state index is -0.0817. The van der Waals surface area contributed by atoms with E-state index in [1.165, 1.54) is 0 Å². The molecule has 0 heterocycles. The van der Waals surface area contributed by atoms with Crippen molar-refractivity contribution in [3.8, 4) is 6.07 Å². The molecule has 4 heteroatoms. The molecule has 1 amide bonds. The Morgan fingerprint density at radius 2 is 2.36 bits per heavy atom. The van der Waals surface area contributed by atoms with Gasteiger partial charge in [-0.25, -0.2) is 0 Å². The van der Waals surface area contributed by atoms with Crippen LogP contribution in [0.4, 0.5) is 0 Å². The molecule has 14 heavy (non-hydrogen) atoms. The van der Waals surface area contributed by atoms with Gasteiger partial charge >= 0.3 is 0 Å². The Bertz CT molecular complexity index is 245. The lowest BCUT2D eigenvalue weighted by Crippen LogP contribution is -2.38. The van der Waals surface area contributed by atoms with Crippen molar-refractivity contribution in [3.05, 3.63) is 0 Å². The van der Waals surface area contributed by atoms with E-state index in [0.29, 0.717) is 19.0 Å². The lowest BCUT2D eigenvalue weighted by atomic mass is 10.2. The van der Waals surface area contributed by atoms with Gasteiger partial charge in [0, 0.05) is 12.6 Å². The number of halogens is 1. The van der Waals surface area contributed by atoms with Crippen LogP contribution in [-0.4, -0.2) is 28.2 Å². The standard InChI is InChI=1S/C10H15BrN2O/c1-2-9(11)10(14)13(7-3-6-12)8-4-5-8/h8-9H,2-5,7H2,1H3. The fraction of sp³-hybridized carbons (Fsp3) is 0.800. The van der Waals surface area contributed by atoms with E-state index in [4.69, 9.17) is 5.26 Å². The van der Waals surface area contributed by atoms with Crippen molar-refractivity contribution in [2.24, 2.45) is 0 Å². The maximum atomic E-state index is 11.8. The monoisotopic (exact) mass is 258 g/mol. The van der Waals surface area contributed by atoms with E-state index in [1.807, 2.05) is 11.8 Å². The molecule has 1 unspecified atom stereocenters. The number of hydrogen-bond acceptors (Lipinski definition) is 2. The zero-order valence-corrected chi connectivity index (χ0v) is 9.96. The molecule has 1 saturated carbocycles. The third-order valence-corrected chi connectivity index (χ3v) is 3.40. The Morgan fingerprint density at radius 3 is 2.79 bits per heavy atom. The van der Waals surface area contributed by atoms with Crippen LogP contribution in [0.2, 0.25) is 0 Å². The average molecular weight is 259 g/mol. The van der Waals surface area contributed by atoms with Crippen molar-refractivity contribution in [2.45, 2.75) is 43.5 Å². The minimum Gasteiger partial charge on any atom is -0.338 e. The van der Waals surface area contributed by atoms with Crippen LogP contribution >= 0.6 is 15.9 Å². The summed E-state index contributed by atoms with van der Waals surface area (Å²) >= 11 is 3.36. The third kappa shape index (κ3) is 2.98. The van der Waals surface area contributed by atoms with E-state index < -0.39 is 0 Å². The number of amides is 1. The van der Waals surface area contributed by atoms with Crippen molar-refractivity contribution in [1.29, 1.82) is 5.26 Å². The summed E-state index contributed by atoms with van der Waals surface area (Å²) in [6.07, 6.45) is 3.43. The smallest absolute Gasteiger partial charge is 0.236 e. The predicted molar refractivity (Wildman–Crippen MR) is 58.0 cm³/mol. The number of alkyl halides is 1. The fourth-order valence-corrected chi connectivity index (χ4v) is 1.65. The lowest BCUT2D eigenvalue weighted by molar-refractivity contribution is -0.131. The molecule has 1 fully saturated rings. The zero-order valence-electron chi connectivity index (χ0n) is 8.37. The molecular weight excluding hydrogens is 244 g/mol. The summed E-state index contributed by atoms with van der Waals surface area (Å²) in [4.78, 5) is 13.6. The number of carbonyl (C=O) groups excluding carboxylic acids is 1. The van der Waals surface area contributed by atoms with Gasteiger partial charge in [-0.05, 0) is 19.3 Å². The summed E-state index contributed by atoms with van der Waals surface area (Å²) in [6.45, 7) is 2.56. The lowest BCUT2D eigenvalue weighted by Gasteiger charge is -2.23. The van der Waals surface area contributed by atoms with E-state index >= 15 is 0 Å². The van der Waals surface area contributed by atoms with Crippen LogP contribution in [0.1, 0.15) is 32.6 Å². The van der Waals surface area contributed by atoms with Gasteiger partial charge in [-0.3, -0.25) is 4.79 Å². The van der Waals surface area contributed by atoms with Crippen molar-refractivity contribution in [3.63, 3.8) is 0 Å². The molecular formula is C10H15BrN2O. The molecule has 1 rings (SSSR count). The van der Waals surface area contributed by atoms with Crippen LogP contribution < -0.4 is 0 Å². The fourth-order valence-electron chi connectivity index (χ4n) is 1.38. The summed E-state index contributed by atoms with van der Waals surface area (Å²) in [5, 5.41) is 8.50. The Hall–Kier alpha value is -0.560. The van der Waals surface area contributed by atoms with Crippen LogP contribution in [0.3, 0.4) is 0 Å². The maximum absolute atomic E-state index is 11.8. The van der Waals surface area contributed by atoms with Gasteiger partial charge in [0.2, 0.25) is 5.91 Å². The zero-order chi connectivity index (χ0) is 10.6. The molecule has 0 N–H and O–H groups in total. The molecule has 0 aromatic heterocycles. The van der Waals surface area contributed by atoms with Gasteiger partial charge in [0.05, 0.1) is 17.3 Å². The summed E-state index contributed by atoms with van der Waals surface area (Å²) in [5.41, 5.74) is 0. The van der Waals surface area contributed by atoms with Gasteiger partial charge < -0.3 is 4.90 Å².